The van der Waals surface area contributed by atoms with Crippen molar-refractivity contribution in [3.05, 3.63) is 65.0 Å². The summed E-state index contributed by atoms with van der Waals surface area (Å²) in [6, 6.07) is 7.83. The van der Waals surface area contributed by atoms with Gasteiger partial charge in [0.1, 0.15) is 17.7 Å². The number of hydrogen-bond acceptors (Lipinski definition) is 3. The topological polar surface area (TPSA) is 32.7 Å². The second-order valence-corrected chi connectivity index (χ2v) is 6.63. The van der Waals surface area contributed by atoms with Gasteiger partial charge in [-0.2, -0.15) is 0 Å². The van der Waals surface area contributed by atoms with E-state index in [-0.39, 0.29) is 11.8 Å². The molecule has 0 aromatic heterocycles. The maximum absolute atomic E-state index is 14.2. The second-order valence-electron chi connectivity index (χ2n) is 6.63. The summed E-state index contributed by atoms with van der Waals surface area (Å²) < 4.78 is 47.9. The summed E-state index contributed by atoms with van der Waals surface area (Å²) in [4.78, 5) is 2.01. The lowest BCUT2D eigenvalue weighted by Crippen LogP contribution is -2.39. The summed E-state index contributed by atoms with van der Waals surface area (Å²) in [5.74, 6) is -1.76. The van der Waals surface area contributed by atoms with E-state index < -0.39 is 29.7 Å². The van der Waals surface area contributed by atoms with E-state index in [1.807, 2.05) is 4.90 Å². The molecular formula is C19H18F3NO2. The lowest BCUT2D eigenvalue weighted by molar-refractivity contribution is 0.0789. The first-order chi connectivity index (χ1) is 12.0. The number of β-amino-alcohol motifs (C(OH)–C–C–N with tert-alkyl or cyclic N) is 1. The van der Waals surface area contributed by atoms with Gasteiger partial charge >= 0.3 is 0 Å². The molecule has 1 aliphatic heterocycles. The number of benzene rings is 2. The number of nitrogens with zero attached hydrogens (tertiary/aromatic N) is 1. The van der Waals surface area contributed by atoms with Gasteiger partial charge in [-0.05, 0) is 36.6 Å². The Morgan fingerprint density at radius 2 is 1.88 bits per heavy atom. The fourth-order valence-electron chi connectivity index (χ4n) is 3.83. The van der Waals surface area contributed by atoms with Crippen LogP contribution in [0.4, 0.5) is 13.2 Å². The largest absolute Gasteiger partial charge is 0.481 e. The van der Waals surface area contributed by atoms with Crippen molar-refractivity contribution in [3.8, 4) is 5.75 Å². The smallest absolute Gasteiger partial charge is 0.165 e. The van der Waals surface area contributed by atoms with Gasteiger partial charge in [0.05, 0.1) is 12.1 Å². The van der Waals surface area contributed by atoms with E-state index >= 15 is 0 Å². The van der Waals surface area contributed by atoms with Gasteiger partial charge in [-0.15, -0.1) is 0 Å². The second kappa shape index (κ2) is 6.35. The van der Waals surface area contributed by atoms with Crippen LogP contribution >= 0.6 is 0 Å². The summed E-state index contributed by atoms with van der Waals surface area (Å²) in [7, 11) is 0. The number of ether oxygens (including phenoxy) is 1. The van der Waals surface area contributed by atoms with Crippen molar-refractivity contribution in [2.75, 3.05) is 13.1 Å². The molecular weight excluding hydrogens is 331 g/mol. The van der Waals surface area contributed by atoms with Crippen LogP contribution in [0.1, 0.15) is 23.7 Å². The van der Waals surface area contributed by atoms with Crippen molar-refractivity contribution >= 4 is 0 Å². The Morgan fingerprint density at radius 3 is 2.60 bits per heavy atom. The van der Waals surface area contributed by atoms with Gasteiger partial charge in [0.25, 0.3) is 0 Å². The number of para-hydroxylation sites is 1. The normalized spacial score (nSPS) is 26.0. The number of likely N-dealkylation sites (tertiary alicyclic amines) is 1. The third-order valence-electron chi connectivity index (χ3n) is 5.02. The van der Waals surface area contributed by atoms with Crippen LogP contribution in [0.25, 0.3) is 0 Å². The monoisotopic (exact) mass is 349 g/mol. The SMILES string of the molecule is O[C@@H]1CCN([C@H]2Cc3c(F)cc(F)cc3[C@@H]2Oc2ccccc2F)C1. The minimum absolute atomic E-state index is 0.0507. The summed E-state index contributed by atoms with van der Waals surface area (Å²) >= 11 is 0. The van der Waals surface area contributed by atoms with Crippen molar-refractivity contribution in [2.45, 2.75) is 31.1 Å². The summed E-state index contributed by atoms with van der Waals surface area (Å²) in [6.07, 6.45) is -0.176. The van der Waals surface area contributed by atoms with Gasteiger partial charge in [0, 0.05) is 24.7 Å². The number of aliphatic hydroxyl groups is 1. The molecule has 0 amide bonds. The Balaban J connectivity index is 1.72. The van der Waals surface area contributed by atoms with Gasteiger partial charge in [0.15, 0.2) is 11.6 Å². The molecule has 0 bridgehead atoms. The van der Waals surface area contributed by atoms with E-state index in [1.165, 1.54) is 18.2 Å². The Bertz CT molecular complexity index is 798. The van der Waals surface area contributed by atoms with E-state index in [9.17, 15) is 18.3 Å². The van der Waals surface area contributed by atoms with E-state index in [4.69, 9.17) is 4.74 Å². The quantitative estimate of drug-likeness (QED) is 0.924. The third-order valence-corrected chi connectivity index (χ3v) is 5.02. The van der Waals surface area contributed by atoms with Crippen LogP contribution in [0.2, 0.25) is 0 Å². The zero-order chi connectivity index (χ0) is 17.6. The predicted molar refractivity (Wildman–Crippen MR) is 85.8 cm³/mol. The van der Waals surface area contributed by atoms with Crippen molar-refractivity contribution in [2.24, 2.45) is 0 Å². The standard InChI is InChI=1S/C19H18F3NO2/c20-11-7-14-13(16(22)8-11)9-17(23-6-5-12(24)10-23)19(14)25-18-4-2-1-3-15(18)21/h1-4,7-8,12,17,19,24H,5-6,9-10H2/t12-,17+,19+/m1/s1. The summed E-state index contributed by atoms with van der Waals surface area (Å²) in [5, 5.41) is 9.82. The zero-order valence-electron chi connectivity index (χ0n) is 13.5. The molecule has 0 unspecified atom stereocenters. The van der Waals surface area contributed by atoms with Gasteiger partial charge < -0.3 is 9.84 Å². The van der Waals surface area contributed by atoms with Crippen LogP contribution in [0.3, 0.4) is 0 Å². The minimum Gasteiger partial charge on any atom is -0.481 e. The number of halogens is 3. The molecule has 3 atom stereocenters. The van der Waals surface area contributed by atoms with Crippen molar-refractivity contribution in [1.29, 1.82) is 0 Å². The maximum Gasteiger partial charge on any atom is 0.165 e. The van der Waals surface area contributed by atoms with E-state index in [2.05, 4.69) is 0 Å². The molecule has 1 fully saturated rings. The average Bonchev–Trinajstić information content (AvgIpc) is 3.14. The number of fused-ring (bicyclic) bond motifs is 1. The number of hydrogen-bond donors (Lipinski definition) is 1. The molecule has 2 aliphatic rings. The molecule has 4 rings (SSSR count). The van der Waals surface area contributed by atoms with Crippen LogP contribution in [0.5, 0.6) is 5.75 Å². The van der Waals surface area contributed by atoms with E-state index in [0.717, 1.165) is 6.07 Å². The molecule has 0 spiro atoms. The fraction of sp³-hybridized carbons (Fsp3) is 0.368. The highest BCUT2D eigenvalue weighted by Gasteiger charge is 2.42. The van der Waals surface area contributed by atoms with E-state index in [1.54, 1.807) is 12.1 Å². The average molecular weight is 349 g/mol. The van der Waals surface area contributed by atoms with Crippen LogP contribution in [-0.4, -0.2) is 35.2 Å². The maximum atomic E-state index is 14.2. The molecule has 25 heavy (non-hydrogen) atoms. The van der Waals surface area contributed by atoms with Crippen molar-refractivity contribution in [1.82, 2.24) is 4.90 Å². The van der Waals surface area contributed by atoms with Crippen LogP contribution < -0.4 is 4.74 Å². The molecule has 0 saturated carbocycles. The fourth-order valence-corrected chi connectivity index (χ4v) is 3.83. The summed E-state index contributed by atoms with van der Waals surface area (Å²) in [6.45, 7) is 1.08. The molecule has 2 aromatic rings. The highest BCUT2D eigenvalue weighted by Crippen LogP contribution is 2.41. The van der Waals surface area contributed by atoms with Crippen LogP contribution in [0.15, 0.2) is 36.4 Å². The van der Waals surface area contributed by atoms with Gasteiger partial charge in [-0.3, -0.25) is 4.90 Å². The molecule has 6 heteroatoms. The first-order valence-corrected chi connectivity index (χ1v) is 8.34. The van der Waals surface area contributed by atoms with Crippen LogP contribution in [0, 0.1) is 17.5 Å². The Kier molecular flexibility index (Phi) is 4.17. The molecule has 0 radical (unpaired) electrons. The first-order valence-electron chi connectivity index (χ1n) is 8.34. The van der Waals surface area contributed by atoms with Crippen molar-refractivity contribution < 1.29 is 23.0 Å². The molecule has 1 saturated heterocycles. The highest BCUT2D eigenvalue weighted by molar-refractivity contribution is 5.39. The lowest BCUT2D eigenvalue weighted by Gasteiger charge is -2.30. The van der Waals surface area contributed by atoms with Crippen LogP contribution in [-0.2, 0) is 6.42 Å². The number of aliphatic hydroxyl groups excluding tert-OH is 1. The molecule has 1 heterocycles. The Hall–Kier alpha value is -2.05. The number of rotatable bonds is 3. The molecule has 132 valence electrons. The molecule has 1 N–H and O–H groups in total. The molecule has 3 nitrogen and oxygen atoms in total. The molecule has 1 aliphatic carbocycles. The van der Waals surface area contributed by atoms with Gasteiger partial charge in [-0.25, -0.2) is 13.2 Å². The van der Waals surface area contributed by atoms with Gasteiger partial charge in [0.2, 0.25) is 0 Å². The Labute approximate surface area is 143 Å². The molecule has 2 aromatic carbocycles. The predicted octanol–water partition coefficient (Wildman–Crippen LogP) is 3.22. The van der Waals surface area contributed by atoms with E-state index in [0.29, 0.717) is 37.1 Å². The lowest BCUT2D eigenvalue weighted by atomic mass is 10.1. The summed E-state index contributed by atoms with van der Waals surface area (Å²) in [5.41, 5.74) is 0.807. The third kappa shape index (κ3) is 3.00. The Morgan fingerprint density at radius 1 is 1.08 bits per heavy atom. The van der Waals surface area contributed by atoms with Crippen molar-refractivity contribution in [3.63, 3.8) is 0 Å². The first kappa shape index (κ1) is 16.4. The minimum atomic E-state index is -0.692. The van der Waals surface area contributed by atoms with Gasteiger partial charge in [-0.1, -0.05) is 12.1 Å². The zero-order valence-corrected chi connectivity index (χ0v) is 13.5. The highest BCUT2D eigenvalue weighted by atomic mass is 19.1.